The second-order valence-electron chi connectivity index (χ2n) is 4.77. The zero-order valence-electron chi connectivity index (χ0n) is 11.5. The van der Waals surface area contributed by atoms with Crippen LogP contribution in [0.15, 0.2) is 36.8 Å². The van der Waals surface area contributed by atoms with Gasteiger partial charge in [0.1, 0.15) is 0 Å². The number of nitrogens with one attached hydrogen (secondary N) is 2. The minimum absolute atomic E-state index is 0.0800. The van der Waals surface area contributed by atoms with Crippen LogP contribution in [-0.4, -0.2) is 46.5 Å². The normalized spacial score (nSPS) is 18.4. The Bertz CT molecular complexity index is 593. The van der Waals surface area contributed by atoms with Crippen LogP contribution in [0, 0.1) is 0 Å². The Balaban J connectivity index is 1.68. The van der Waals surface area contributed by atoms with Crippen molar-refractivity contribution in [3.8, 4) is 5.82 Å². The van der Waals surface area contributed by atoms with Crippen molar-refractivity contribution in [3.05, 3.63) is 36.8 Å². The first-order valence-corrected chi connectivity index (χ1v) is 6.90. The molecule has 0 aliphatic carbocycles. The van der Waals surface area contributed by atoms with Crippen molar-refractivity contribution in [2.45, 2.75) is 12.5 Å². The molecule has 3 rings (SSSR count). The quantitative estimate of drug-likeness (QED) is 0.860. The lowest BCUT2D eigenvalue weighted by Gasteiger charge is -2.23. The SMILES string of the molecule is O=C(CC1CNCCO1)Nc1cccnc1-n1cccn1. The molecular weight excluding hydrogens is 270 g/mol. The monoisotopic (exact) mass is 287 g/mol. The van der Waals surface area contributed by atoms with E-state index in [4.69, 9.17) is 4.74 Å². The van der Waals surface area contributed by atoms with Crippen LogP contribution in [0.3, 0.4) is 0 Å². The zero-order valence-corrected chi connectivity index (χ0v) is 11.5. The summed E-state index contributed by atoms with van der Waals surface area (Å²) in [5, 5.41) is 10.2. The lowest BCUT2D eigenvalue weighted by Crippen LogP contribution is -2.40. The molecule has 1 unspecified atom stereocenters. The number of hydrogen-bond donors (Lipinski definition) is 2. The molecule has 7 nitrogen and oxygen atoms in total. The Labute approximate surface area is 122 Å². The molecule has 1 aliphatic rings. The Morgan fingerprint density at radius 3 is 3.19 bits per heavy atom. The largest absolute Gasteiger partial charge is 0.375 e. The number of hydrogen-bond acceptors (Lipinski definition) is 5. The predicted octanol–water partition coefficient (Wildman–Crippen LogP) is 0.584. The van der Waals surface area contributed by atoms with Crippen molar-refractivity contribution in [3.63, 3.8) is 0 Å². The molecule has 0 bridgehead atoms. The zero-order chi connectivity index (χ0) is 14.5. The smallest absolute Gasteiger partial charge is 0.227 e. The summed E-state index contributed by atoms with van der Waals surface area (Å²) >= 11 is 0. The van der Waals surface area contributed by atoms with Gasteiger partial charge in [0.05, 0.1) is 24.8 Å². The predicted molar refractivity (Wildman–Crippen MR) is 77.2 cm³/mol. The number of ether oxygens (including phenoxy) is 1. The number of morpholine rings is 1. The van der Waals surface area contributed by atoms with Crippen molar-refractivity contribution in [1.82, 2.24) is 20.1 Å². The van der Waals surface area contributed by atoms with Gasteiger partial charge in [0.2, 0.25) is 5.91 Å². The Morgan fingerprint density at radius 2 is 2.43 bits per heavy atom. The molecule has 1 saturated heterocycles. The Kier molecular flexibility index (Phi) is 4.23. The molecule has 1 atom stereocenters. The second-order valence-corrected chi connectivity index (χ2v) is 4.77. The lowest BCUT2D eigenvalue weighted by molar-refractivity contribution is -0.119. The maximum atomic E-state index is 12.1. The summed E-state index contributed by atoms with van der Waals surface area (Å²) in [4.78, 5) is 16.4. The Morgan fingerprint density at radius 1 is 1.48 bits per heavy atom. The van der Waals surface area contributed by atoms with E-state index in [0.717, 1.165) is 6.54 Å². The van der Waals surface area contributed by atoms with Crippen molar-refractivity contribution < 1.29 is 9.53 Å². The molecule has 1 amide bonds. The van der Waals surface area contributed by atoms with Crippen LogP contribution in [0.5, 0.6) is 0 Å². The number of carbonyl (C=O) groups is 1. The summed E-state index contributed by atoms with van der Waals surface area (Å²) in [6, 6.07) is 5.39. The molecule has 7 heteroatoms. The fraction of sp³-hybridized carbons (Fsp3) is 0.357. The topological polar surface area (TPSA) is 81.1 Å². The summed E-state index contributed by atoms with van der Waals surface area (Å²) in [6.45, 7) is 2.18. The second kappa shape index (κ2) is 6.47. The van der Waals surface area contributed by atoms with Crippen molar-refractivity contribution in [1.29, 1.82) is 0 Å². The van der Waals surface area contributed by atoms with Gasteiger partial charge in [-0.1, -0.05) is 0 Å². The van der Waals surface area contributed by atoms with Crippen LogP contribution in [0.1, 0.15) is 6.42 Å². The summed E-state index contributed by atoms with van der Waals surface area (Å²) in [5.74, 6) is 0.503. The van der Waals surface area contributed by atoms with Crippen LogP contribution in [0.4, 0.5) is 5.69 Å². The third-order valence-electron chi connectivity index (χ3n) is 3.20. The highest BCUT2D eigenvalue weighted by Gasteiger charge is 2.18. The van der Waals surface area contributed by atoms with Crippen molar-refractivity contribution in [2.75, 3.05) is 25.0 Å². The van der Waals surface area contributed by atoms with Gasteiger partial charge in [-0.15, -0.1) is 0 Å². The van der Waals surface area contributed by atoms with Crippen molar-refractivity contribution in [2.24, 2.45) is 0 Å². The number of carbonyl (C=O) groups excluding carboxylic acids is 1. The van der Waals surface area contributed by atoms with E-state index < -0.39 is 0 Å². The maximum Gasteiger partial charge on any atom is 0.227 e. The van der Waals surface area contributed by atoms with Crippen LogP contribution in [0.25, 0.3) is 5.82 Å². The van der Waals surface area contributed by atoms with Gasteiger partial charge < -0.3 is 15.4 Å². The highest BCUT2D eigenvalue weighted by molar-refractivity contribution is 5.92. The molecule has 0 saturated carbocycles. The molecule has 3 heterocycles. The molecule has 21 heavy (non-hydrogen) atoms. The van der Waals surface area contributed by atoms with Crippen LogP contribution in [-0.2, 0) is 9.53 Å². The van der Waals surface area contributed by atoms with Crippen molar-refractivity contribution >= 4 is 11.6 Å². The van der Waals surface area contributed by atoms with Gasteiger partial charge in [0.25, 0.3) is 0 Å². The van der Waals surface area contributed by atoms with E-state index in [9.17, 15) is 4.79 Å². The average Bonchev–Trinajstić information content (AvgIpc) is 3.03. The summed E-state index contributed by atoms with van der Waals surface area (Å²) in [6.07, 6.45) is 5.36. The average molecular weight is 287 g/mol. The van der Waals surface area contributed by atoms with E-state index in [0.29, 0.717) is 31.1 Å². The van der Waals surface area contributed by atoms with Crippen LogP contribution >= 0.6 is 0 Å². The highest BCUT2D eigenvalue weighted by Crippen LogP contribution is 2.16. The fourth-order valence-electron chi connectivity index (χ4n) is 2.23. The molecule has 110 valence electrons. The summed E-state index contributed by atoms with van der Waals surface area (Å²) in [5.41, 5.74) is 0.634. The molecule has 0 spiro atoms. The molecule has 1 fully saturated rings. The third-order valence-corrected chi connectivity index (χ3v) is 3.20. The van der Waals surface area contributed by atoms with E-state index >= 15 is 0 Å². The van der Waals surface area contributed by atoms with Gasteiger partial charge in [0, 0.05) is 31.7 Å². The third kappa shape index (κ3) is 3.45. The minimum atomic E-state index is -0.0925. The number of amides is 1. The molecular formula is C14H17N5O2. The molecule has 1 aliphatic heterocycles. The number of pyridine rings is 1. The van der Waals surface area contributed by atoms with E-state index in [1.54, 1.807) is 29.3 Å². The highest BCUT2D eigenvalue weighted by atomic mass is 16.5. The number of anilines is 1. The standard InChI is InChI=1S/C14H17N5O2/c20-13(9-11-10-15-6-8-21-11)18-12-3-1-4-16-14(12)19-7-2-5-17-19/h1-5,7,11,15H,6,8-10H2,(H,18,20). The number of aromatic nitrogens is 3. The first kappa shape index (κ1) is 13.7. The van der Waals surface area contributed by atoms with Gasteiger partial charge >= 0.3 is 0 Å². The molecule has 0 radical (unpaired) electrons. The van der Waals surface area contributed by atoms with Crippen LogP contribution in [0.2, 0.25) is 0 Å². The summed E-state index contributed by atoms with van der Waals surface area (Å²) < 4.78 is 7.15. The summed E-state index contributed by atoms with van der Waals surface area (Å²) in [7, 11) is 0. The van der Waals surface area contributed by atoms with Gasteiger partial charge in [-0.25, -0.2) is 9.67 Å². The molecule has 2 aromatic heterocycles. The number of rotatable bonds is 4. The van der Waals surface area contributed by atoms with Crippen LogP contribution < -0.4 is 10.6 Å². The van der Waals surface area contributed by atoms with E-state index in [1.807, 2.05) is 12.1 Å². The number of nitrogens with zero attached hydrogens (tertiary/aromatic N) is 3. The van der Waals surface area contributed by atoms with Gasteiger partial charge in [-0.05, 0) is 18.2 Å². The molecule has 2 N–H and O–H groups in total. The molecule has 2 aromatic rings. The van der Waals surface area contributed by atoms with Gasteiger partial charge in [-0.3, -0.25) is 4.79 Å². The van der Waals surface area contributed by atoms with E-state index in [2.05, 4.69) is 20.7 Å². The van der Waals surface area contributed by atoms with Gasteiger partial charge in [0.15, 0.2) is 5.82 Å². The van der Waals surface area contributed by atoms with E-state index in [1.165, 1.54) is 0 Å². The fourth-order valence-corrected chi connectivity index (χ4v) is 2.23. The Hall–Kier alpha value is -2.25. The minimum Gasteiger partial charge on any atom is -0.375 e. The van der Waals surface area contributed by atoms with Gasteiger partial charge in [-0.2, -0.15) is 5.10 Å². The lowest BCUT2D eigenvalue weighted by atomic mass is 10.2. The maximum absolute atomic E-state index is 12.1. The first-order valence-electron chi connectivity index (χ1n) is 6.90. The molecule has 0 aromatic carbocycles. The first-order chi connectivity index (χ1) is 10.3. The van der Waals surface area contributed by atoms with E-state index in [-0.39, 0.29) is 12.0 Å².